The Bertz CT molecular complexity index is 680. The van der Waals surface area contributed by atoms with Gasteiger partial charge in [-0.25, -0.2) is 4.79 Å². The SMILES string of the molecule is Cc1cccc(Nc2ccc(NC(=O)NC3CCCCC3)nn2)c1. The van der Waals surface area contributed by atoms with Gasteiger partial charge in [-0.15, -0.1) is 10.2 Å². The first-order valence-electron chi connectivity index (χ1n) is 8.44. The van der Waals surface area contributed by atoms with Crippen molar-refractivity contribution >= 4 is 23.4 Å². The molecule has 1 aliphatic carbocycles. The average Bonchev–Trinajstić information content (AvgIpc) is 2.57. The summed E-state index contributed by atoms with van der Waals surface area (Å²) in [7, 11) is 0. The second-order valence-electron chi connectivity index (χ2n) is 6.23. The van der Waals surface area contributed by atoms with Crippen LogP contribution in [0.1, 0.15) is 37.7 Å². The van der Waals surface area contributed by atoms with Gasteiger partial charge < -0.3 is 10.6 Å². The van der Waals surface area contributed by atoms with Crippen molar-refractivity contribution in [2.24, 2.45) is 0 Å². The number of carbonyl (C=O) groups excluding carboxylic acids is 1. The predicted molar refractivity (Wildman–Crippen MR) is 95.5 cm³/mol. The molecule has 6 heteroatoms. The predicted octanol–water partition coefficient (Wildman–Crippen LogP) is 3.98. The lowest BCUT2D eigenvalue weighted by Crippen LogP contribution is -2.39. The first kappa shape index (κ1) is 16.2. The van der Waals surface area contributed by atoms with E-state index in [0.29, 0.717) is 11.6 Å². The summed E-state index contributed by atoms with van der Waals surface area (Å²) in [6.07, 6.45) is 5.74. The van der Waals surface area contributed by atoms with Crippen LogP contribution in [0.5, 0.6) is 0 Å². The van der Waals surface area contributed by atoms with Gasteiger partial charge in [0.2, 0.25) is 0 Å². The third-order valence-electron chi connectivity index (χ3n) is 4.14. The molecule has 0 spiro atoms. The maximum atomic E-state index is 12.0. The Labute approximate surface area is 142 Å². The Morgan fingerprint density at radius 1 is 1.04 bits per heavy atom. The van der Waals surface area contributed by atoms with E-state index in [1.807, 2.05) is 31.2 Å². The number of aromatic nitrogens is 2. The van der Waals surface area contributed by atoms with Gasteiger partial charge in [-0.1, -0.05) is 31.4 Å². The molecule has 0 bridgehead atoms. The van der Waals surface area contributed by atoms with Crippen LogP contribution in [0.4, 0.5) is 22.1 Å². The van der Waals surface area contributed by atoms with Crippen LogP contribution in [-0.4, -0.2) is 22.3 Å². The zero-order valence-corrected chi connectivity index (χ0v) is 13.9. The van der Waals surface area contributed by atoms with E-state index in [0.717, 1.165) is 18.5 Å². The number of benzene rings is 1. The summed E-state index contributed by atoms with van der Waals surface area (Å²) in [5, 5.41) is 17.1. The van der Waals surface area contributed by atoms with Crippen LogP contribution in [-0.2, 0) is 0 Å². The molecule has 3 N–H and O–H groups in total. The molecule has 0 unspecified atom stereocenters. The maximum Gasteiger partial charge on any atom is 0.320 e. The molecule has 24 heavy (non-hydrogen) atoms. The van der Waals surface area contributed by atoms with Crippen molar-refractivity contribution in [2.45, 2.75) is 45.1 Å². The minimum atomic E-state index is -0.212. The molecule has 2 aromatic rings. The number of urea groups is 1. The quantitative estimate of drug-likeness (QED) is 0.794. The van der Waals surface area contributed by atoms with E-state index in [4.69, 9.17) is 0 Å². The normalized spacial score (nSPS) is 14.9. The van der Waals surface area contributed by atoms with Crippen molar-refractivity contribution in [3.05, 3.63) is 42.0 Å². The first-order valence-corrected chi connectivity index (χ1v) is 8.44. The molecule has 2 amide bonds. The number of carbonyl (C=O) groups is 1. The maximum absolute atomic E-state index is 12.0. The molecule has 126 valence electrons. The molecule has 0 atom stereocenters. The van der Waals surface area contributed by atoms with E-state index in [1.54, 1.807) is 12.1 Å². The lowest BCUT2D eigenvalue weighted by atomic mass is 9.96. The molecule has 3 rings (SSSR count). The second kappa shape index (κ2) is 7.77. The monoisotopic (exact) mass is 325 g/mol. The van der Waals surface area contributed by atoms with Gasteiger partial charge in [-0.2, -0.15) is 0 Å². The largest absolute Gasteiger partial charge is 0.339 e. The molecule has 0 radical (unpaired) electrons. The summed E-state index contributed by atoms with van der Waals surface area (Å²) in [5.74, 6) is 1.08. The number of nitrogens with one attached hydrogen (secondary N) is 3. The summed E-state index contributed by atoms with van der Waals surface area (Å²) in [4.78, 5) is 12.0. The summed E-state index contributed by atoms with van der Waals surface area (Å²) in [6.45, 7) is 2.04. The standard InChI is InChI=1S/C18H23N5O/c1-13-6-5-9-15(12-13)19-16-10-11-17(23-22-16)21-18(24)20-14-7-3-2-4-8-14/h5-6,9-12,14H,2-4,7-8H2,1H3,(H,19,22)(H2,20,21,23,24). The molecule has 1 fully saturated rings. The van der Waals surface area contributed by atoms with Crippen LogP contribution < -0.4 is 16.0 Å². The molecular weight excluding hydrogens is 302 g/mol. The van der Waals surface area contributed by atoms with Gasteiger partial charge >= 0.3 is 6.03 Å². The average molecular weight is 325 g/mol. The topological polar surface area (TPSA) is 78.9 Å². The fraction of sp³-hybridized carbons (Fsp3) is 0.389. The highest BCUT2D eigenvalue weighted by Crippen LogP contribution is 2.18. The molecule has 0 aliphatic heterocycles. The molecule has 6 nitrogen and oxygen atoms in total. The van der Waals surface area contributed by atoms with Gasteiger partial charge in [-0.3, -0.25) is 5.32 Å². The minimum absolute atomic E-state index is 0.212. The van der Waals surface area contributed by atoms with Crippen LogP contribution in [0.3, 0.4) is 0 Å². The van der Waals surface area contributed by atoms with Gasteiger partial charge in [0, 0.05) is 11.7 Å². The molecule has 0 saturated heterocycles. The molecular formula is C18H23N5O. The summed E-state index contributed by atoms with van der Waals surface area (Å²) in [6, 6.07) is 11.6. The third-order valence-corrected chi connectivity index (χ3v) is 4.14. The number of aryl methyl sites for hydroxylation is 1. The second-order valence-corrected chi connectivity index (χ2v) is 6.23. The van der Waals surface area contributed by atoms with E-state index in [1.165, 1.54) is 24.8 Å². The fourth-order valence-electron chi connectivity index (χ4n) is 2.92. The lowest BCUT2D eigenvalue weighted by Gasteiger charge is -2.22. The van der Waals surface area contributed by atoms with Gasteiger partial charge in [-0.05, 0) is 49.6 Å². The lowest BCUT2D eigenvalue weighted by molar-refractivity contribution is 0.244. The number of nitrogens with zero attached hydrogens (tertiary/aromatic N) is 2. The van der Waals surface area contributed by atoms with Crippen molar-refractivity contribution in [3.8, 4) is 0 Å². The van der Waals surface area contributed by atoms with Gasteiger partial charge in [0.1, 0.15) is 0 Å². The van der Waals surface area contributed by atoms with Crippen LogP contribution in [0.25, 0.3) is 0 Å². The van der Waals surface area contributed by atoms with E-state index in [9.17, 15) is 4.79 Å². The smallest absolute Gasteiger partial charge is 0.320 e. The summed E-state index contributed by atoms with van der Waals surface area (Å²) in [5.41, 5.74) is 2.13. The molecule has 1 saturated carbocycles. The highest BCUT2D eigenvalue weighted by Gasteiger charge is 2.15. The van der Waals surface area contributed by atoms with Gasteiger partial charge in [0.05, 0.1) is 0 Å². The minimum Gasteiger partial charge on any atom is -0.339 e. The Kier molecular flexibility index (Phi) is 5.25. The van der Waals surface area contributed by atoms with E-state index in [2.05, 4.69) is 26.1 Å². The van der Waals surface area contributed by atoms with E-state index < -0.39 is 0 Å². The summed E-state index contributed by atoms with van der Waals surface area (Å²) < 4.78 is 0. The Balaban J connectivity index is 1.53. The van der Waals surface area contributed by atoms with Crippen molar-refractivity contribution in [3.63, 3.8) is 0 Å². The van der Waals surface area contributed by atoms with Crippen LogP contribution in [0, 0.1) is 6.92 Å². The number of hydrogen-bond acceptors (Lipinski definition) is 4. The molecule has 1 aromatic carbocycles. The summed E-state index contributed by atoms with van der Waals surface area (Å²) >= 11 is 0. The number of hydrogen-bond donors (Lipinski definition) is 3. The van der Waals surface area contributed by atoms with Crippen LogP contribution in [0.2, 0.25) is 0 Å². The highest BCUT2D eigenvalue weighted by molar-refractivity contribution is 5.88. The zero-order chi connectivity index (χ0) is 16.8. The van der Waals surface area contributed by atoms with E-state index >= 15 is 0 Å². The van der Waals surface area contributed by atoms with Crippen LogP contribution >= 0.6 is 0 Å². The van der Waals surface area contributed by atoms with Crippen molar-refractivity contribution in [1.82, 2.24) is 15.5 Å². The number of anilines is 3. The number of rotatable bonds is 4. The van der Waals surface area contributed by atoms with Gasteiger partial charge in [0.15, 0.2) is 11.6 Å². The highest BCUT2D eigenvalue weighted by atomic mass is 16.2. The van der Waals surface area contributed by atoms with Crippen molar-refractivity contribution < 1.29 is 4.79 Å². The van der Waals surface area contributed by atoms with Crippen molar-refractivity contribution in [2.75, 3.05) is 10.6 Å². The Morgan fingerprint density at radius 3 is 2.50 bits per heavy atom. The molecule has 1 aromatic heterocycles. The molecule has 1 heterocycles. The Hall–Kier alpha value is -2.63. The van der Waals surface area contributed by atoms with Gasteiger partial charge in [0.25, 0.3) is 0 Å². The first-order chi connectivity index (χ1) is 11.7. The number of amides is 2. The zero-order valence-electron chi connectivity index (χ0n) is 13.9. The Morgan fingerprint density at radius 2 is 1.79 bits per heavy atom. The molecule has 1 aliphatic rings. The van der Waals surface area contributed by atoms with E-state index in [-0.39, 0.29) is 12.1 Å². The third kappa shape index (κ3) is 4.68. The van der Waals surface area contributed by atoms with Crippen molar-refractivity contribution in [1.29, 1.82) is 0 Å². The fourth-order valence-corrected chi connectivity index (χ4v) is 2.92. The van der Waals surface area contributed by atoms with Crippen LogP contribution in [0.15, 0.2) is 36.4 Å².